The van der Waals surface area contributed by atoms with Crippen molar-refractivity contribution in [3.63, 3.8) is 0 Å². The fourth-order valence-electron chi connectivity index (χ4n) is 2.57. The van der Waals surface area contributed by atoms with E-state index in [0.29, 0.717) is 36.5 Å². The highest BCUT2D eigenvalue weighted by molar-refractivity contribution is 6.30. The molecule has 0 saturated carbocycles. The molecule has 0 aromatic heterocycles. The zero-order chi connectivity index (χ0) is 14.0. The summed E-state index contributed by atoms with van der Waals surface area (Å²) in [6, 6.07) is 7.24. The standard InChI is InChI=1S/C14H15ClN2O2/c1-2-14(13(18)19)5-6-17(9-14)12-4-3-11(15)7-10(12)8-16/h3-4,7H,2,5-6,9H2,1H3,(H,18,19). The highest BCUT2D eigenvalue weighted by Crippen LogP contribution is 2.38. The third-order valence-corrected chi connectivity index (χ3v) is 4.14. The summed E-state index contributed by atoms with van der Waals surface area (Å²) in [5.74, 6) is -0.759. The largest absolute Gasteiger partial charge is 0.481 e. The molecule has 4 nitrogen and oxygen atoms in total. The molecule has 1 aromatic carbocycles. The average Bonchev–Trinajstić information content (AvgIpc) is 2.84. The monoisotopic (exact) mass is 278 g/mol. The zero-order valence-electron chi connectivity index (χ0n) is 10.7. The van der Waals surface area contributed by atoms with E-state index < -0.39 is 11.4 Å². The van der Waals surface area contributed by atoms with Gasteiger partial charge < -0.3 is 10.0 Å². The maximum absolute atomic E-state index is 11.4. The third kappa shape index (κ3) is 2.39. The lowest BCUT2D eigenvalue weighted by atomic mass is 9.84. The van der Waals surface area contributed by atoms with Crippen molar-refractivity contribution in [1.29, 1.82) is 5.26 Å². The number of aliphatic carboxylic acids is 1. The maximum Gasteiger partial charge on any atom is 0.311 e. The number of carbonyl (C=O) groups is 1. The van der Waals surface area contributed by atoms with Crippen LogP contribution in [-0.4, -0.2) is 24.2 Å². The molecule has 1 aliphatic rings. The molecule has 1 heterocycles. The molecule has 100 valence electrons. The van der Waals surface area contributed by atoms with Crippen molar-refractivity contribution in [2.24, 2.45) is 5.41 Å². The number of carboxylic acid groups (broad SMARTS) is 1. The molecule has 1 atom stereocenters. The summed E-state index contributed by atoms with van der Waals surface area (Å²) >= 11 is 5.87. The van der Waals surface area contributed by atoms with E-state index in [1.54, 1.807) is 18.2 Å². The molecule has 19 heavy (non-hydrogen) atoms. The van der Waals surface area contributed by atoms with Crippen LogP contribution in [-0.2, 0) is 4.79 Å². The van der Waals surface area contributed by atoms with Gasteiger partial charge in [-0.25, -0.2) is 0 Å². The Hall–Kier alpha value is -1.73. The molecule has 0 bridgehead atoms. The minimum Gasteiger partial charge on any atom is -0.481 e. The number of carboxylic acids is 1. The van der Waals surface area contributed by atoms with Gasteiger partial charge in [-0.1, -0.05) is 18.5 Å². The van der Waals surface area contributed by atoms with Gasteiger partial charge in [-0.15, -0.1) is 0 Å². The van der Waals surface area contributed by atoms with Crippen molar-refractivity contribution < 1.29 is 9.90 Å². The highest BCUT2D eigenvalue weighted by Gasteiger charge is 2.43. The third-order valence-electron chi connectivity index (χ3n) is 3.90. The van der Waals surface area contributed by atoms with Crippen molar-refractivity contribution >= 4 is 23.3 Å². The van der Waals surface area contributed by atoms with E-state index in [2.05, 4.69) is 6.07 Å². The van der Waals surface area contributed by atoms with Crippen LogP contribution in [0.25, 0.3) is 0 Å². The summed E-state index contributed by atoms with van der Waals surface area (Å²) in [6.45, 7) is 2.98. The summed E-state index contributed by atoms with van der Waals surface area (Å²) in [5.41, 5.74) is 0.556. The maximum atomic E-state index is 11.4. The summed E-state index contributed by atoms with van der Waals surface area (Å²) in [4.78, 5) is 13.4. The molecule has 0 spiro atoms. The quantitative estimate of drug-likeness (QED) is 0.923. The summed E-state index contributed by atoms with van der Waals surface area (Å²) in [6.07, 6.45) is 1.20. The molecule has 0 amide bonds. The Bertz CT molecular complexity index is 553. The van der Waals surface area contributed by atoms with Gasteiger partial charge in [-0.05, 0) is 31.0 Å². The minimum atomic E-state index is -0.759. The smallest absolute Gasteiger partial charge is 0.311 e. The van der Waals surface area contributed by atoms with Crippen LogP contribution in [0.4, 0.5) is 5.69 Å². The number of anilines is 1. The molecule has 2 rings (SSSR count). The van der Waals surface area contributed by atoms with Crippen LogP contribution in [0.1, 0.15) is 25.3 Å². The lowest BCUT2D eigenvalue weighted by Gasteiger charge is -2.24. The van der Waals surface area contributed by atoms with Crippen LogP contribution in [0, 0.1) is 16.7 Å². The Morgan fingerprint density at radius 2 is 2.37 bits per heavy atom. The first-order valence-electron chi connectivity index (χ1n) is 6.20. The van der Waals surface area contributed by atoms with Crippen LogP contribution < -0.4 is 4.90 Å². The van der Waals surface area contributed by atoms with Gasteiger partial charge in [0.05, 0.1) is 16.7 Å². The van der Waals surface area contributed by atoms with Crippen LogP contribution >= 0.6 is 11.6 Å². The Labute approximate surface area is 117 Å². The number of hydrogen-bond acceptors (Lipinski definition) is 3. The van der Waals surface area contributed by atoms with E-state index in [1.807, 2.05) is 11.8 Å². The van der Waals surface area contributed by atoms with Crippen molar-refractivity contribution in [1.82, 2.24) is 0 Å². The van der Waals surface area contributed by atoms with Gasteiger partial charge in [0.2, 0.25) is 0 Å². The molecule has 1 saturated heterocycles. The van der Waals surface area contributed by atoms with Crippen LogP contribution in [0.15, 0.2) is 18.2 Å². The van der Waals surface area contributed by atoms with Crippen molar-refractivity contribution in [2.75, 3.05) is 18.0 Å². The predicted octanol–water partition coefficient (Wildman–Crippen LogP) is 2.90. The normalized spacial score (nSPS) is 22.3. The first-order chi connectivity index (χ1) is 9.02. The van der Waals surface area contributed by atoms with E-state index >= 15 is 0 Å². The van der Waals surface area contributed by atoms with Gasteiger partial charge in [-0.2, -0.15) is 5.26 Å². The SMILES string of the molecule is CCC1(C(=O)O)CCN(c2ccc(Cl)cc2C#N)C1. The van der Waals surface area contributed by atoms with E-state index in [9.17, 15) is 9.90 Å². The summed E-state index contributed by atoms with van der Waals surface area (Å²) < 4.78 is 0. The number of benzene rings is 1. The molecule has 0 radical (unpaired) electrons. The van der Waals surface area contributed by atoms with Gasteiger partial charge in [0.1, 0.15) is 6.07 Å². The number of nitriles is 1. The molecular weight excluding hydrogens is 264 g/mol. The van der Waals surface area contributed by atoms with Crippen molar-refractivity contribution in [2.45, 2.75) is 19.8 Å². The number of halogens is 1. The second-order valence-corrected chi connectivity index (χ2v) is 5.32. The summed E-state index contributed by atoms with van der Waals surface area (Å²) in [7, 11) is 0. The van der Waals surface area contributed by atoms with E-state index in [1.165, 1.54) is 0 Å². The molecule has 1 fully saturated rings. The number of nitrogens with zero attached hydrogens (tertiary/aromatic N) is 2. The molecule has 1 aliphatic heterocycles. The number of hydrogen-bond donors (Lipinski definition) is 1. The van der Waals surface area contributed by atoms with E-state index in [4.69, 9.17) is 16.9 Å². The Balaban J connectivity index is 2.31. The van der Waals surface area contributed by atoms with Gasteiger partial charge in [0.25, 0.3) is 0 Å². The summed E-state index contributed by atoms with van der Waals surface area (Å²) in [5, 5.41) is 19.0. The second-order valence-electron chi connectivity index (χ2n) is 4.88. The zero-order valence-corrected chi connectivity index (χ0v) is 11.4. The van der Waals surface area contributed by atoms with Gasteiger partial charge in [0.15, 0.2) is 0 Å². The minimum absolute atomic E-state index is 0.440. The van der Waals surface area contributed by atoms with E-state index in [0.717, 1.165) is 5.69 Å². The average molecular weight is 279 g/mol. The van der Waals surface area contributed by atoms with Crippen LogP contribution in [0.3, 0.4) is 0 Å². The molecule has 1 N–H and O–H groups in total. The first-order valence-corrected chi connectivity index (χ1v) is 6.58. The Morgan fingerprint density at radius 1 is 1.63 bits per heavy atom. The van der Waals surface area contributed by atoms with Crippen LogP contribution in [0.5, 0.6) is 0 Å². The van der Waals surface area contributed by atoms with Crippen LogP contribution in [0.2, 0.25) is 5.02 Å². The Kier molecular flexibility index (Phi) is 3.68. The van der Waals surface area contributed by atoms with Gasteiger partial charge >= 0.3 is 5.97 Å². The molecule has 0 aliphatic carbocycles. The van der Waals surface area contributed by atoms with Gasteiger partial charge in [-0.3, -0.25) is 4.79 Å². The fourth-order valence-corrected chi connectivity index (χ4v) is 2.74. The van der Waals surface area contributed by atoms with E-state index in [-0.39, 0.29) is 0 Å². The lowest BCUT2D eigenvalue weighted by molar-refractivity contribution is -0.147. The van der Waals surface area contributed by atoms with Gasteiger partial charge in [0, 0.05) is 18.1 Å². The molecule has 1 unspecified atom stereocenters. The first kappa shape index (κ1) is 13.7. The lowest BCUT2D eigenvalue weighted by Crippen LogP contribution is -2.34. The molecular formula is C14H15ClN2O2. The number of rotatable bonds is 3. The second kappa shape index (κ2) is 5.10. The Morgan fingerprint density at radius 3 is 2.89 bits per heavy atom. The fraction of sp³-hybridized carbons (Fsp3) is 0.429. The van der Waals surface area contributed by atoms with Crippen molar-refractivity contribution in [3.05, 3.63) is 28.8 Å². The molecule has 5 heteroatoms. The van der Waals surface area contributed by atoms with Crippen molar-refractivity contribution in [3.8, 4) is 6.07 Å². The topological polar surface area (TPSA) is 64.3 Å². The molecule has 1 aromatic rings. The highest BCUT2D eigenvalue weighted by atomic mass is 35.5. The predicted molar refractivity (Wildman–Crippen MR) is 73.4 cm³/mol.